The van der Waals surface area contributed by atoms with E-state index >= 15 is 0 Å². The molecule has 0 spiro atoms. The second-order valence-corrected chi connectivity index (χ2v) is 6.97. The Bertz CT molecular complexity index is 746. The van der Waals surface area contributed by atoms with Gasteiger partial charge in [0, 0.05) is 0 Å². The monoisotopic (exact) mass is 612 g/mol. The van der Waals surface area contributed by atoms with Crippen molar-refractivity contribution < 1.29 is 57.4 Å². The first-order chi connectivity index (χ1) is 12.1. The van der Waals surface area contributed by atoms with Crippen molar-refractivity contribution in [1.29, 1.82) is 0 Å². The van der Waals surface area contributed by atoms with E-state index in [0.29, 0.717) is 25.0 Å². The number of halogens is 2. The first-order valence-electron chi connectivity index (χ1n) is 8.66. The van der Waals surface area contributed by atoms with Gasteiger partial charge in [-0.1, -0.05) is 60.7 Å². The Kier molecular flexibility index (Phi) is 10.2. The van der Waals surface area contributed by atoms with Crippen LogP contribution in [0.3, 0.4) is 0 Å². The molecule has 0 saturated carbocycles. The molecule has 0 aliphatic carbocycles. The van der Waals surface area contributed by atoms with Gasteiger partial charge in [0.1, 0.15) is 30.7 Å². The van der Waals surface area contributed by atoms with Crippen molar-refractivity contribution >= 4 is 34.8 Å². The molecule has 0 aromatic heterocycles. The summed E-state index contributed by atoms with van der Waals surface area (Å²) in [4.78, 5) is 9.61. The van der Waals surface area contributed by atoms with Gasteiger partial charge in [-0.15, -0.1) is 0 Å². The van der Waals surface area contributed by atoms with Gasteiger partial charge in [0.2, 0.25) is 0 Å². The summed E-state index contributed by atoms with van der Waals surface area (Å²) in [6.45, 7) is 5.26. The Balaban J connectivity index is 0.00000131. The van der Waals surface area contributed by atoms with Gasteiger partial charge in [-0.2, -0.15) is 0 Å². The molecule has 0 N–H and O–H groups in total. The molecule has 0 fully saturated rings. The summed E-state index contributed by atoms with van der Waals surface area (Å²) in [5.74, 6) is 1.41. The summed E-state index contributed by atoms with van der Waals surface area (Å²) >= 11 is 0. The van der Waals surface area contributed by atoms with Gasteiger partial charge in [0.25, 0.3) is 0 Å². The third kappa shape index (κ3) is 5.40. The van der Waals surface area contributed by atoms with Crippen LogP contribution in [0.2, 0.25) is 0 Å². The smallest absolute Gasteiger partial charge is 1.00 e. The fourth-order valence-electron chi connectivity index (χ4n) is 3.21. The molecule has 2 atom stereocenters. The van der Waals surface area contributed by atoms with Crippen LogP contribution in [0.4, 0.5) is 0 Å². The molecule has 2 aliphatic rings. The Morgan fingerprint density at radius 1 is 0.714 bits per heavy atom. The average Bonchev–Trinajstić information content (AvgIpc) is 3.34. The molecule has 4 rings (SSSR count). The quantitative estimate of drug-likeness (QED) is 0.296. The summed E-state index contributed by atoms with van der Waals surface area (Å²) in [6.07, 6.45) is 0. The molecule has 144 valence electrons. The van der Waals surface area contributed by atoms with Crippen molar-refractivity contribution in [3.05, 3.63) is 71.8 Å². The van der Waals surface area contributed by atoms with Gasteiger partial charge in [0.05, 0.1) is 0 Å². The maximum atomic E-state index is 5.93. The summed E-state index contributed by atoms with van der Waals surface area (Å²) in [7, 11) is 0. The van der Waals surface area contributed by atoms with Gasteiger partial charge in [-0.05, 0) is 25.0 Å². The van der Waals surface area contributed by atoms with E-state index in [1.165, 1.54) is 11.1 Å². The summed E-state index contributed by atoms with van der Waals surface area (Å²) in [6, 6.07) is 20.6. The number of hydrogen-bond donors (Lipinski definition) is 0. The number of hydrogen-bond acceptors (Lipinski definition) is 4. The van der Waals surface area contributed by atoms with Crippen LogP contribution in [0.1, 0.15) is 37.1 Å². The fourth-order valence-corrected chi connectivity index (χ4v) is 3.21. The number of benzene rings is 2. The molecule has 0 amide bonds. The molecule has 7 heteroatoms. The molecule has 0 unspecified atom stereocenters. The van der Waals surface area contributed by atoms with Crippen LogP contribution in [-0.4, -0.2) is 48.1 Å². The van der Waals surface area contributed by atoms with Crippen molar-refractivity contribution in [3.8, 4) is 0 Å². The Morgan fingerprint density at radius 3 is 1.43 bits per heavy atom. The molecule has 0 radical (unpaired) electrons. The third-order valence-corrected chi connectivity index (χ3v) is 4.74. The molecule has 28 heavy (non-hydrogen) atoms. The number of rotatable bonds is 4. The summed E-state index contributed by atoms with van der Waals surface area (Å²) < 4.78 is 11.9. The van der Waals surface area contributed by atoms with E-state index in [2.05, 4.69) is 38.1 Å². The topological polar surface area (TPSA) is 43.2 Å². The number of nitrogens with zero attached hydrogens (tertiary/aromatic N) is 2. The van der Waals surface area contributed by atoms with Gasteiger partial charge in [-0.3, -0.25) is 0 Å². The predicted octanol–water partition coefficient (Wildman–Crippen LogP) is -2.02. The van der Waals surface area contributed by atoms with Gasteiger partial charge in [-0.25, -0.2) is 9.98 Å². The molecular formula is C21H22I2MgN2O2. The minimum Gasteiger partial charge on any atom is -1.00 e. The van der Waals surface area contributed by atoms with Crippen molar-refractivity contribution in [3.63, 3.8) is 0 Å². The summed E-state index contributed by atoms with van der Waals surface area (Å²) in [5, 5.41) is 0. The van der Waals surface area contributed by atoms with Crippen LogP contribution in [0, 0.1) is 5.41 Å². The SMILES string of the molecule is CC(C)(C1=N[C@H](c2ccccc2)CO1)C1=N[C@H](c2ccccc2)CO1.[I-].[I-].[Mg+2]. The van der Waals surface area contributed by atoms with Crippen LogP contribution in [0.5, 0.6) is 0 Å². The molecule has 2 aromatic rings. The molecule has 2 aliphatic heterocycles. The van der Waals surface area contributed by atoms with Gasteiger partial charge >= 0.3 is 23.1 Å². The normalized spacial score (nSPS) is 20.4. The molecule has 4 nitrogen and oxygen atoms in total. The molecule has 0 bridgehead atoms. The van der Waals surface area contributed by atoms with Crippen LogP contribution >= 0.6 is 0 Å². The van der Waals surface area contributed by atoms with E-state index in [1.54, 1.807) is 0 Å². The second-order valence-electron chi connectivity index (χ2n) is 6.97. The Hall–Kier alpha value is -0.394. The van der Waals surface area contributed by atoms with E-state index in [-0.39, 0.29) is 83.1 Å². The fraction of sp³-hybridized carbons (Fsp3) is 0.333. The largest absolute Gasteiger partial charge is 2.00 e. The minimum atomic E-state index is -0.465. The molecule has 2 aromatic carbocycles. The van der Waals surface area contributed by atoms with E-state index in [9.17, 15) is 0 Å². The van der Waals surface area contributed by atoms with E-state index in [0.717, 1.165) is 0 Å². The molecule has 0 saturated heterocycles. The van der Waals surface area contributed by atoms with Gasteiger partial charge < -0.3 is 57.4 Å². The Morgan fingerprint density at radius 2 is 1.07 bits per heavy atom. The van der Waals surface area contributed by atoms with Gasteiger partial charge in [0.15, 0.2) is 11.8 Å². The zero-order valence-corrected chi connectivity index (χ0v) is 21.7. The number of aliphatic imine (C=N–C) groups is 2. The summed E-state index contributed by atoms with van der Waals surface area (Å²) in [5.41, 5.74) is 1.88. The van der Waals surface area contributed by atoms with E-state index in [4.69, 9.17) is 19.5 Å². The van der Waals surface area contributed by atoms with Crippen LogP contribution < -0.4 is 48.0 Å². The maximum absolute atomic E-state index is 5.93. The van der Waals surface area contributed by atoms with Crippen molar-refractivity contribution in [2.24, 2.45) is 15.4 Å². The Labute approximate surface area is 216 Å². The maximum Gasteiger partial charge on any atom is 2.00 e. The van der Waals surface area contributed by atoms with Crippen LogP contribution in [0.25, 0.3) is 0 Å². The third-order valence-electron chi connectivity index (χ3n) is 4.74. The van der Waals surface area contributed by atoms with Crippen LogP contribution in [0.15, 0.2) is 70.6 Å². The molecular weight excluding hydrogens is 590 g/mol. The molecule has 2 heterocycles. The first-order valence-corrected chi connectivity index (χ1v) is 8.66. The average molecular weight is 613 g/mol. The zero-order chi connectivity index (χ0) is 17.3. The van der Waals surface area contributed by atoms with Crippen molar-refractivity contribution in [2.75, 3.05) is 13.2 Å². The van der Waals surface area contributed by atoms with E-state index in [1.807, 2.05) is 36.4 Å². The minimum absolute atomic E-state index is 0. The van der Waals surface area contributed by atoms with Crippen molar-refractivity contribution in [1.82, 2.24) is 0 Å². The standard InChI is InChI=1S/C21H22N2O2.2HI.Mg/c1-21(2,19-22-17(13-24-19)15-9-5-3-6-10-15)20-23-18(14-25-20)16-11-7-4-8-12-16;;;/h3-12,17-18H,13-14H2,1-2H3;2*1H;/q;;;+2/p-2/t17-,18-;;;/m0.../s1. The van der Waals surface area contributed by atoms with Crippen molar-refractivity contribution in [2.45, 2.75) is 25.9 Å². The van der Waals surface area contributed by atoms with E-state index < -0.39 is 5.41 Å². The number of ether oxygens (including phenoxy) is 2. The van der Waals surface area contributed by atoms with Crippen LogP contribution in [-0.2, 0) is 9.47 Å². The predicted molar refractivity (Wildman–Crippen MR) is 105 cm³/mol. The second kappa shape index (κ2) is 11.1. The first kappa shape index (κ1) is 25.6. The zero-order valence-electron chi connectivity index (χ0n) is 16.0.